The summed E-state index contributed by atoms with van der Waals surface area (Å²) in [5.41, 5.74) is 5.12. The molecule has 2 nitrogen and oxygen atoms in total. The van der Waals surface area contributed by atoms with Crippen LogP contribution in [0.15, 0.2) is 47.1 Å². The largest absolute Gasteiger partial charge is 0.232 e. The van der Waals surface area contributed by atoms with Gasteiger partial charge < -0.3 is 0 Å². The number of benzene rings is 2. The SMILES string of the molecule is Brc1ccc2c3c1cnn3-c1ccccc1C2. The minimum Gasteiger partial charge on any atom is -0.232 e. The fourth-order valence-electron chi connectivity index (χ4n) is 2.57. The molecule has 0 amide bonds. The van der Waals surface area contributed by atoms with E-state index in [-0.39, 0.29) is 0 Å². The second-order valence-electron chi connectivity index (χ2n) is 4.33. The van der Waals surface area contributed by atoms with E-state index in [9.17, 15) is 0 Å². The molecule has 82 valence electrons. The third-order valence-electron chi connectivity index (χ3n) is 3.36. The second kappa shape index (κ2) is 3.20. The molecular formula is C14H9BrN2. The van der Waals surface area contributed by atoms with Crippen molar-refractivity contribution < 1.29 is 0 Å². The van der Waals surface area contributed by atoms with Crippen molar-refractivity contribution in [2.75, 3.05) is 0 Å². The lowest BCUT2D eigenvalue weighted by molar-refractivity contribution is 0.871. The summed E-state index contributed by atoms with van der Waals surface area (Å²) in [7, 11) is 0. The first kappa shape index (κ1) is 9.42. The Balaban J connectivity index is 2.20. The van der Waals surface area contributed by atoms with Crippen LogP contribution in [0, 0.1) is 0 Å². The summed E-state index contributed by atoms with van der Waals surface area (Å²) in [6.45, 7) is 0. The molecule has 2 aromatic carbocycles. The van der Waals surface area contributed by atoms with E-state index in [2.05, 4.69) is 57.4 Å². The highest BCUT2D eigenvalue weighted by Gasteiger charge is 2.19. The van der Waals surface area contributed by atoms with E-state index in [1.165, 1.54) is 27.7 Å². The number of aromatic nitrogens is 2. The summed E-state index contributed by atoms with van der Waals surface area (Å²) in [6, 6.07) is 12.7. The zero-order chi connectivity index (χ0) is 11.4. The third-order valence-corrected chi connectivity index (χ3v) is 4.05. The quantitative estimate of drug-likeness (QED) is 0.482. The number of fused-ring (bicyclic) bond motifs is 2. The number of hydrogen-bond acceptors (Lipinski definition) is 1. The zero-order valence-corrected chi connectivity index (χ0v) is 10.6. The van der Waals surface area contributed by atoms with Crippen LogP contribution in [0.2, 0.25) is 0 Å². The lowest BCUT2D eigenvalue weighted by atomic mass is 9.98. The highest BCUT2D eigenvalue weighted by Crippen LogP contribution is 2.34. The molecule has 3 aromatic rings. The molecule has 0 saturated heterocycles. The number of rotatable bonds is 0. The van der Waals surface area contributed by atoms with E-state index >= 15 is 0 Å². The minimum absolute atomic E-state index is 0.992. The van der Waals surface area contributed by atoms with Crippen LogP contribution in [0.25, 0.3) is 16.6 Å². The van der Waals surface area contributed by atoms with E-state index in [1.54, 1.807) is 0 Å². The molecule has 0 aliphatic carbocycles. The third kappa shape index (κ3) is 1.17. The molecule has 0 spiro atoms. The standard InChI is InChI=1S/C14H9BrN2/c15-12-6-5-10-7-9-3-1-2-4-13(9)17-14(10)11(12)8-16-17/h1-6,8H,7H2. The van der Waals surface area contributed by atoms with Gasteiger partial charge in [0.15, 0.2) is 0 Å². The molecule has 1 aliphatic heterocycles. The summed E-state index contributed by atoms with van der Waals surface area (Å²) in [4.78, 5) is 0. The van der Waals surface area contributed by atoms with Gasteiger partial charge in [-0.1, -0.05) is 40.2 Å². The van der Waals surface area contributed by atoms with Crippen LogP contribution in [0.3, 0.4) is 0 Å². The first-order valence-corrected chi connectivity index (χ1v) is 6.37. The van der Waals surface area contributed by atoms with E-state index in [4.69, 9.17) is 0 Å². The molecule has 2 heterocycles. The number of para-hydroxylation sites is 1. The van der Waals surface area contributed by atoms with Crippen LogP contribution in [0.5, 0.6) is 0 Å². The topological polar surface area (TPSA) is 17.8 Å². The Morgan fingerprint density at radius 3 is 2.88 bits per heavy atom. The average molecular weight is 285 g/mol. The van der Waals surface area contributed by atoms with Gasteiger partial charge in [0.2, 0.25) is 0 Å². The van der Waals surface area contributed by atoms with Crippen molar-refractivity contribution in [3.63, 3.8) is 0 Å². The van der Waals surface area contributed by atoms with Crippen LogP contribution in [-0.4, -0.2) is 9.78 Å². The monoisotopic (exact) mass is 284 g/mol. The molecule has 0 N–H and O–H groups in total. The Hall–Kier alpha value is -1.61. The number of halogens is 1. The second-order valence-corrected chi connectivity index (χ2v) is 5.18. The van der Waals surface area contributed by atoms with Crippen molar-refractivity contribution in [1.29, 1.82) is 0 Å². The molecule has 0 radical (unpaired) electrons. The maximum atomic E-state index is 4.51. The zero-order valence-electron chi connectivity index (χ0n) is 9.02. The van der Waals surface area contributed by atoms with Crippen LogP contribution in [-0.2, 0) is 6.42 Å². The van der Waals surface area contributed by atoms with Crippen molar-refractivity contribution in [2.45, 2.75) is 6.42 Å². The van der Waals surface area contributed by atoms with Gasteiger partial charge in [-0.25, -0.2) is 4.68 Å². The van der Waals surface area contributed by atoms with Crippen molar-refractivity contribution in [3.8, 4) is 5.69 Å². The summed E-state index contributed by atoms with van der Waals surface area (Å²) in [5, 5.41) is 5.71. The molecule has 1 aliphatic rings. The molecule has 0 unspecified atom stereocenters. The van der Waals surface area contributed by atoms with Gasteiger partial charge >= 0.3 is 0 Å². The van der Waals surface area contributed by atoms with Gasteiger partial charge in [0.1, 0.15) is 0 Å². The molecule has 1 aromatic heterocycles. The van der Waals surface area contributed by atoms with Crippen molar-refractivity contribution in [1.82, 2.24) is 9.78 Å². The molecule has 17 heavy (non-hydrogen) atoms. The van der Waals surface area contributed by atoms with Crippen molar-refractivity contribution >= 4 is 26.8 Å². The molecule has 0 atom stereocenters. The Labute approximate surface area is 107 Å². The van der Waals surface area contributed by atoms with E-state index in [0.717, 1.165) is 10.9 Å². The van der Waals surface area contributed by atoms with Gasteiger partial charge in [-0.05, 0) is 23.3 Å². The van der Waals surface area contributed by atoms with E-state index in [0.29, 0.717) is 0 Å². The first-order chi connectivity index (χ1) is 8.34. The molecular weight excluding hydrogens is 276 g/mol. The Morgan fingerprint density at radius 1 is 1.06 bits per heavy atom. The van der Waals surface area contributed by atoms with Gasteiger partial charge in [0.05, 0.1) is 17.4 Å². The minimum atomic E-state index is 0.992. The number of hydrogen-bond donors (Lipinski definition) is 0. The van der Waals surface area contributed by atoms with E-state index in [1.807, 2.05) is 10.9 Å². The Kier molecular flexibility index (Phi) is 1.77. The smallest absolute Gasteiger partial charge is 0.0787 e. The van der Waals surface area contributed by atoms with Crippen molar-refractivity contribution in [3.05, 3.63) is 58.2 Å². The maximum Gasteiger partial charge on any atom is 0.0787 e. The lowest BCUT2D eigenvalue weighted by Gasteiger charge is -2.18. The predicted molar refractivity (Wildman–Crippen MR) is 71.6 cm³/mol. The van der Waals surface area contributed by atoms with Gasteiger partial charge in [-0.2, -0.15) is 5.10 Å². The fraction of sp³-hybridized carbons (Fsp3) is 0.0714. The van der Waals surface area contributed by atoms with Crippen LogP contribution >= 0.6 is 15.9 Å². The highest BCUT2D eigenvalue weighted by atomic mass is 79.9. The van der Waals surface area contributed by atoms with Gasteiger partial charge in [0.25, 0.3) is 0 Å². The fourth-order valence-corrected chi connectivity index (χ4v) is 2.99. The summed E-state index contributed by atoms with van der Waals surface area (Å²) in [6.07, 6.45) is 2.93. The lowest BCUT2D eigenvalue weighted by Crippen LogP contribution is -2.08. The highest BCUT2D eigenvalue weighted by molar-refractivity contribution is 9.10. The van der Waals surface area contributed by atoms with Gasteiger partial charge in [0, 0.05) is 16.3 Å². The molecule has 0 fully saturated rings. The van der Waals surface area contributed by atoms with Crippen LogP contribution in [0.4, 0.5) is 0 Å². The number of nitrogens with zero attached hydrogens (tertiary/aromatic N) is 2. The maximum absolute atomic E-state index is 4.51. The summed E-state index contributed by atoms with van der Waals surface area (Å²) >= 11 is 3.58. The van der Waals surface area contributed by atoms with Crippen molar-refractivity contribution in [2.24, 2.45) is 0 Å². The van der Waals surface area contributed by atoms with Gasteiger partial charge in [-0.15, -0.1) is 0 Å². The summed E-state index contributed by atoms with van der Waals surface area (Å²) in [5.74, 6) is 0. The summed E-state index contributed by atoms with van der Waals surface area (Å²) < 4.78 is 3.16. The molecule has 0 bridgehead atoms. The molecule has 4 rings (SSSR count). The molecule has 3 heteroatoms. The van der Waals surface area contributed by atoms with Gasteiger partial charge in [-0.3, -0.25) is 0 Å². The normalized spacial score (nSPS) is 12.8. The molecule has 0 saturated carbocycles. The Bertz CT molecular complexity index is 743. The Morgan fingerprint density at radius 2 is 1.94 bits per heavy atom. The first-order valence-electron chi connectivity index (χ1n) is 5.58. The van der Waals surface area contributed by atoms with Crippen LogP contribution < -0.4 is 0 Å². The van der Waals surface area contributed by atoms with E-state index < -0.39 is 0 Å². The average Bonchev–Trinajstić information content (AvgIpc) is 2.80. The predicted octanol–water partition coefficient (Wildman–Crippen LogP) is 3.69. The van der Waals surface area contributed by atoms with Crippen LogP contribution in [0.1, 0.15) is 11.1 Å².